The zero-order chi connectivity index (χ0) is 32.7. The molecule has 0 atom stereocenters. The van der Waals surface area contributed by atoms with E-state index in [0.717, 1.165) is 54.9 Å². The molecule has 46 heavy (non-hydrogen) atoms. The number of aliphatic carboxylic acids is 1. The molecule has 1 aliphatic rings. The van der Waals surface area contributed by atoms with Crippen molar-refractivity contribution < 1.29 is 32.6 Å². The molecular formula is C35H35F3N4O4. The van der Waals surface area contributed by atoms with Crippen molar-refractivity contribution in [1.29, 1.82) is 0 Å². The Hall–Kier alpha value is -4.93. The molecule has 0 spiro atoms. The smallest absolute Gasteiger partial charge is 0.416 e. The number of benzene rings is 3. The van der Waals surface area contributed by atoms with Crippen LogP contribution in [0.4, 0.5) is 19.1 Å². The van der Waals surface area contributed by atoms with Crippen molar-refractivity contribution in [2.75, 3.05) is 31.6 Å². The minimum absolute atomic E-state index is 0.131. The summed E-state index contributed by atoms with van der Waals surface area (Å²) in [7, 11) is 1.57. The number of hydrogen-bond acceptors (Lipinski definition) is 6. The highest BCUT2D eigenvalue weighted by Gasteiger charge is 2.30. The molecule has 1 N–H and O–H groups in total. The summed E-state index contributed by atoms with van der Waals surface area (Å²) in [6.07, 6.45) is 0.123. The van der Waals surface area contributed by atoms with Gasteiger partial charge in [0.25, 0.3) is 5.91 Å². The number of anilines is 1. The zero-order valence-corrected chi connectivity index (χ0v) is 25.4. The van der Waals surface area contributed by atoms with Crippen LogP contribution in [0, 0.1) is 5.92 Å². The molecule has 1 saturated heterocycles. The van der Waals surface area contributed by atoms with Gasteiger partial charge in [-0.1, -0.05) is 54.6 Å². The van der Waals surface area contributed by atoms with Gasteiger partial charge in [0, 0.05) is 32.3 Å². The van der Waals surface area contributed by atoms with Crippen LogP contribution in [-0.4, -0.2) is 58.6 Å². The van der Waals surface area contributed by atoms with Crippen LogP contribution >= 0.6 is 0 Å². The lowest BCUT2D eigenvalue weighted by Gasteiger charge is -2.32. The van der Waals surface area contributed by atoms with E-state index in [-0.39, 0.29) is 18.5 Å². The Labute approximate surface area is 265 Å². The summed E-state index contributed by atoms with van der Waals surface area (Å²) in [5.74, 6) is -0.184. The molecule has 240 valence electrons. The van der Waals surface area contributed by atoms with Gasteiger partial charge in [0.2, 0.25) is 5.95 Å². The van der Waals surface area contributed by atoms with E-state index in [4.69, 9.17) is 9.72 Å². The van der Waals surface area contributed by atoms with Crippen molar-refractivity contribution in [3.8, 4) is 5.75 Å². The Kier molecular flexibility index (Phi) is 10.2. The Morgan fingerprint density at radius 2 is 1.59 bits per heavy atom. The third-order valence-electron chi connectivity index (χ3n) is 8.15. The number of alkyl halides is 3. The van der Waals surface area contributed by atoms with Gasteiger partial charge in [-0.05, 0) is 66.1 Å². The standard InChI is InChI=1S/C35H35F3N4O4/c1-46-29-13-9-25(10-14-29)20-31-30(33(45)42(23-32(43)44)22-27-7-11-28(12-8-27)35(36,37)38)21-39-34(40-31)41-17-15-26(16-18-41)19-24-5-3-2-4-6-24/h2-14,21,26H,15-20,22-23H2,1H3,(H,43,44). The second-order valence-electron chi connectivity index (χ2n) is 11.4. The first kappa shape index (κ1) is 32.5. The van der Waals surface area contributed by atoms with Gasteiger partial charge in [-0.3, -0.25) is 9.59 Å². The summed E-state index contributed by atoms with van der Waals surface area (Å²) < 4.78 is 44.5. The zero-order valence-electron chi connectivity index (χ0n) is 25.4. The quantitative estimate of drug-likeness (QED) is 0.208. The van der Waals surface area contributed by atoms with Gasteiger partial charge in [0.05, 0.1) is 23.9 Å². The largest absolute Gasteiger partial charge is 0.497 e. The number of methoxy groups -OCH3 is 1. The molecule has 0 bridgehead atoms. The van der Waals surface area contributed by atoms with E-state index in [2.05, 4.69) is 22.0 Å². The SMILES string of the molecule is COc1ccc(Cc2nc(N3CCC(Cc4ccccc4)CC3)ncc2C(=O)N(CC(=O)O)Cc2ccc(C(F)(F)F)cc2)cc1. The number of ether oxygens (including phenoxy) is 1. The summed E-state index contributed by atoms with van der Waals surface area (Å²) in [6, 6.07) is 22.0. The van der Waals surface area contributed by atoms with Crippen LogP contribution in [0.15, 0.2) is 85.1 Å². The highest BCUT2D eigenvalue weighted by molar-refractivity contribution is 5.96. The number of halogens is 3. The van der Waals surface area contributed by atoms with Crippen LogP contribution in [0.25, 0.3) is 0 Å². The fourth-order valence-electron chi connectivity index (χ4n) is 5.65. The summed E-state index contributed by atoms with van der Waals surface area (Å²) >= 11 is 0. The molecule has 0 radical (unpaired) electrons. The lowest BCUT2D eigenvalue weighted by Crippen LogP contribution is -2.37. The molecule has 2 heterocycles. The second-order valence-corrected chi connectivity index (χ2v) is 11.4. The normalized spacial score (nSPS) is 13.8. The maximum Gasteiger partial charge on any atom is 0.416 e. The maximum atomic E-state index is 13.9. The molecule has 5 rings (SSSR count). The second kappa shape index (κ2) is 14.4. The number of rotatable bonds is 11. The molecule has 11 heteroatoms. The number of carbonyl (C=O) groups excluding carboxylic acids is 1. The van der Waals surface area contributed by atoms with Crippen molar-refractivity contribution in [1.82, 2.24) is 14.9 Å². The Bertz CT molecular complexity index is 1620. The van der Waals surface area contributed by atoms with Crippen LogP contribution in [0.1, 0.15) is 51.1 Å². The van der Waals surface area contributed by atoms with Gasteiger partial charge in [-0.25, -0.2) is 9.97 Å². The molecular weight excluding hydrogens is 597 g/mol. The van der Waals surface area contributed by atoms with Crippen molar-refractivity contribution in [3.63, 3.8) is 0 Å². The fraction of sp³-hybridized carbons (Fsp3) is 0.314. The molecule has 8 nitrogen and oxygen atoms in total. The van der Waals surface area contributed by atoms with Crippen LogP contribution < -0.4 is 9.64 Å². The van der Waals surface area contributed by atoms with Gasteiger partial charge in [-0.2, -0.15) is 13.2 Å². The summed E-state index contributed by atoms with van der Waals surface area (Å²) in [4.78, 5) is 38.2. The lowest BCUT2D eigenvalue weighted by atomic mass is 9.90. The molecule has 4 aromatic rings. The van der Waals surface area contributed by atoms with Crippen LogP contribution in [0.5, 0.6) is 5.75 Å². The first-order valence-electron chi connectivity index (χ1n) is 15.0. The lowest BCUT2D eigenvalue weighted by molar-refractivity contribution is -0.138. The van der Waals surface area contributed by atoms with Crippen molar-refractivity contribution >= 4 is 17.8 Å². The topological polar surface area (TPSA) is 95.9 Å². The number of nitrogens with zero attached hydrogens (tertiary/aromatic N) is 4. The predicted octanol–water partition coefficient (Wildman–Crippen LogP) is 6.28. The average molecular weight is 633 g/mol. The van der Waals surface area contributed by atoms with Gasteiger partial charge >= 0.3 is 12.1 Å². The van der Waals surface area contributed by atoms with E-state index in [0.29, 0.717) is 28.9 Å². The predicted molar refractivity (Wildman–Crippen MR) is 167 cm³/mol. The van der Waals surface area contributed by atoms with Gasteiger partial charge < -0.3 is 19.6 Å². The third kappa shape index (κ3) is 8.41. The van der Waals surface area contributed by atoms with Crippen LogP contribution in [0.3, 0.4) is 0 Å². The van der Waals surface area contributed by atoms with E-state index in [1.165, 1.54) is 23.9 Å². The van der Waals surface area contributed by atoms with E-state index in [1.54, 1.807) is 19.2 Å². The average Bonchev–Trinajstić information content (AvgIpc) is 3.05. The van der Waals surface area contributed by atoms with Crippen molar-refractivity contribution in [3.05, 3.63) is 119 Å². The van der Waals surface area contributed by atoms with E-state index < -0.39 is 30.2 Å². The molecule has 0 aliphatic carbocycles. The number of carboxylic acids is 1. The van der Waals surface area contributed by atoms with Crippen molar-refractivity contribution in [2.24, 2.45) is 5.92 Å². The summed E-state index contributed by atoms with van der Waals surface area (Å²) in [5.41, 5.74) is 2.25. The highest BCUT2D eigenvalue weighted by Crippen LogP contribution is 2.30. The van der Waals surface area contributed by atoms with E-state index in [9.17, 15) is 27.9 Å². The minimum Gasteiger partial charge on any atom is -0.497 e. The van der Waals surface area contributed by atoms with Gasteiger partial charge in [0.1, 0.15) is 12.3 Å². The molecule has 1 aromatic heterocycles. The number of aromatic nitrogens is 2. The first-order valence-corrected chi connectivity index (χ1v) is 15.0. The van der Waals surface area contributed by atoms with E-state index >= 15 is 0 Å². The Morgan fingerprint density at radius 3 is 2.20 bits per heavy atom. The fourth-order valence-corrected chi connectivity index (χ4v) is 5.65. The number of carboxylic acid groups (broad SMARTS) is 1. The third-order valence-corrected chi connectivity index (χ3v) is 8.15. The molecule has 0 unspecified atom stereocenters. The number of piperidine rings is 1. The van der Waals surface area contributed by atoms with Gasteiger partial charge in [-0.15, -0.1) is 0 Å². The number of carbonyl (C=O) groups is 2. The molecule has 1 fully saturated rings. The van der Waals surface area contributed by atoms with Crippen LogP contribution in [-0.2, 0) is 30.4 Å². The van der Waals surface area contributed by atoms with Crippen LogP contribution in [0.2, 0.25) is 0 Å². The van der Waals surface area contributed by atoms with Crippen molar-refractivity contribution in [2.45, 2.75) is 38.4 Å². The molecule has 1 amide bonds. The summed E-state index contributed by atoms with van der Waals surface area (Å²) in [6.45, 7) is 0.651. The van der Waals surface area contributed by atoms with Gasteiger partial charge in [0.15, 0.2) is 0 Å². The van der Waals surface area contributed by atoms with E-state index in [1.807, 2.05) is 30.3 Å². The monoisotopic (exact) mass is 632 g/mol. The molecule has 0 saturated carbocycles. The summed E-state index contributed by atoms with van der Waals surface area (Å²) in [5, 5.41) is 9.60. The number of hydrogen-bond donors (Lipinski definition) is 1. The molecule has 1 aliphatic heterocycles. The Balaban J connectivity index is 1.39. The molecule has 3 aromatic carbocycles. The highest BCUT2D eigenvalue weighted by atomic mass is 19.4. The number of amides is 1. The Morgan fingerprint density at radius 1 is 0.935 bits per heavy atom. The first-order chi connectivity index (χ1) is 22.1. The minimum atomic E-state index is -4.51. The maximum absolute atomic E-state index is 13.9.